The van der Waals surface area contributed by atoms with Crippen LogP contribution >= 0.6 is 0 Å². The molecule has 8 rings (SSSR count). The van der Waals surface area contributed by atoms with E-state index >= 15 is 0 Å². The van der Waals surface area contributed by atoms with Gasteiger partial charge in [0.25, 0.3) is 0 Å². The molecule has 0 radical (unpaired) electrons. The number of aliphatic imine (C=N–C) groups is 1. The molecule has 5 aromatic carbocycles. The van der Waals surface area contributed by atoms with Crippen LogP contribution in [0, 0.1) is 23.9 Å². The number of guanidine groups is 1. The number of unbranched alkanes of at least 4 members (excludes halogenated alkanes) is 1. The predicted molar refractivity (Wildman–Crippen MR) is 252 cm³/mol. The number of phenolic OH excluding ortho intramolecular Hbond substituents is 1. The number of aliphatic hydroxyl groups is 1. The predicted octanol–water partition coefficient (Wildman–Crippen LogP) is 10.7. The third-order valence-corrected chi connectivity index (χ3v) is 12.2. The lowest BCUT2D eigenvalue weighted by molar-refractivity contribution is -0.121. The molecule has 2 aliphatic heterocycles. The number of allylic oxidation sites excluding steroid dienone is 3. The van der Waals surface area contributed by atoms with Gasteiger partial charge in [-0.3, -0.25) is 9.79 Å². The number of benzene rings is 5. The molecular weight excluding hydrogens is 787 g/mol. The van der Waals surface area contributed by atoms with Gasteiger partial charge in [0.05, 0.1) is 13.0 Å². The number of ether oxygens (including phenoxy) is 3. The summed E-state index contributed by atoms with van der Waals surface area (Å²) in [6.07, 6.45) is 14.9. The SMILES string of the molecule is CCc1cc(O)c2c3ccc(cc13)COc1cc(ccc1OC)CCC(=O)CC(CC1C=C(O)C=CC1CCCCc1cccc(NC(N)=NC)c1)OC#CC2Cc1ccccc1. The van der Waals surface area contributed by atoms with E-state index in [0.29, 0.717) is 49.7 Å². The molecule has 6 bridgehead atoms. The van der Waals surface area contributed by atoms with Crippen molar-refractivity contribution in [2.45, 2.75) is 89.8 Å². The second-order valence-corrected chi connectivity index (χ2v) is 16.6. The van der Waals surface area contributed by atoms with Crippen molar-refractivity contribution in [3.63, 3.8) is 0 Å². The molecule has 5 aromatic rings. The Hall–Kier alpha value is -6.66. The smallest absolute Gasteiger partial charge is 0.192 e. The van der Waals surface area contributed by atoms with E-state index in [-0.39, 0.29) is 35.5 Å². The number of hydrogen-bond acceptors (Lipinski definition) is 7. The highest BCUT2D eigenvalue weighted by molar-refractivity contribution is 5.93. The van der Waals surface area contributed by atoms with Gasteiger partial charge in [0.2, 0.25) is 0 Å². The maximum atomic E-state index is 13.9. The van der Waals surface area contributed by atoms with Crippen LogP contribution in [0.15, 0.2) is 126 Å². The molecule has 0 spiro atoms. The summed E-state index contributed by atoms with van der Waals surface area (Å²) < 4.78 is 18.6. The standard InChI is InChI=1S/C54H59N3O6/c1-4-40-33-50(60)53-42(27-36-11-6-5-7-12-36)25-26-62-47(32-43-31-45(58)22-20-41(43)15-9-8-13-37-14-10-16-44(28-37)57-54(55)56-2)34-46(59)21-17-38-19-24-51(61-3)52(30-38)63-35-39-18-23-48(53)49(40)29-39/h5-7,10-12,14,16,18-20,22-24,28-31,33,41-43,47,58,60H,4,8-9,13,15,17,21,27,32,34-35H2,1-3H3,(H3,55,56,57). The first-order valence-electron chi connectivity index (χ1n) is 22.2. The zero-order valence-electron chi connectivity index (χ0n) is 36.6. The Kier molecular flexibility index (Phi) is 15.1. The fourth-order valence-corrected chi connectivity index (χ4v) is 8.86. The third kappa shape index (κ3) is 11.8. The Bertz CT molecular complexity index is 2530. The number of aliphatic hydroxyl groups excluding tert-OH is 1. The number of anilines is 1. The molecule has 0 fully saturated rings. The average Bonchev–Trinajstić information content (AvgIpc) is 3.29. The highest BCUT2D eigenvalue weighted by Crippen LogP contribution is 2.39. The summed E-state index contributed by atoms with van der Waals surface area (Å²) >= 11 is 0. The van der Waals surface area contributed by atoms with Crippen molar-refractivity contribution in [3.8, 4) is 29.3 Å². The number of Topliss-reactive ketones (excluding diaryl/α,β-unsaturated/α-hetero) is 1. The van der Waals surface area contributed by atoms with Crippen LogP contribution in [0.2, 0.25) is 0 Å². The minimum Gasteiger partial charge on any atom is -0.508 e. The number of rotatable bonds is 12. The van der Waals surface area contributed by atoms with Crippen LogP contribution in [0.3, 0.4) is 0 Å². The van der Waals surface area contributed by atoms with E-state index in [9.17, 15) is 15.0 Å². The van der Waals surface area contributed by atoms with Gasteiger partial charge >= 0.3 is 0 Å². The summed E-state index contributed by atoms with van der Waals surface area (Å²) in [6, 6.07) is 32.3. The van der Waals surface area contributed by atoms with E-state index in [2.05, 4.69) is 71.7 Å². The van der Waals surface area contributed by atoms with Crippen molar-refractivity contribution in [1.29, 1.82) is 0 Å². The topological polar surface area (TPSA) is 136 Å². The molecule has 9 nitrogen and oxygen atoms in total. The first-order valence-corrected chi connectivity index (χ1v) is 22.2. The van der Waals surface area contributed by atoms with Crippen LogP contribution in [-0.4, -0.2) is 42.2 Å². The molecule has 4 unspecified atom stereocenters. The summed E-state index contributed by atoms with van der Waals surface area (Å²) in [5.74, 6) is 5.15. The number of methoxy groups -OCH3 is 1. The lowest BCUT2D eigenvalue weighted by atomic mass is 9.80. The van der Waals surface area contributed by atoms with Crippen LogP contribution in [0.5, 0.6) is 17.2 Å². The molecule has 63 heavy (non-hydrogen) atoms. The first kappa shape index (κ1) is 44.4. The Morgan fingerprint density at radius 1 is 0.921 bits per heavy atom. The van der Waals surface area contributed by atoms with Gasteiger partial charge in [-0.25, -0.2) is 0 Å². The highest BCUT2D eigenvalue weighted by Gasteiger charge is 2.27. The highest BCUT2D eigenvalue weighted by atomic mass is 16.5. The molecule has 326 valence electrons. The number of nitrogens with zero attached hydrogens (tertiary/aromatic N) is 1. The van der Waals surface area contributed by atoms with Crippen molar-refractivity contribution < 1.29 is 29.2 Å². The van der Waals surface area contributed by atoms with Gasteiger partial charge in [-0.1, -0.05) is 86.0 Å². The summed E-state index contributed by atoms with van der Waals surface area (Å²) in [6.45, 7) is 2.40. The maximum absolute atomic E-state index is 13.9. The van der Waals surface area contributed by atoms with Crippen LogP contribution in [-0.2, 0) is 41.8 Å². The average molecular weight is 846 g/mol. The molecule has 3 aliphatic rings. The second-order valence-electron chi connectivity index (χ2n) is 16.6. The molecule has 0 saturated heterocycles. The zero-order chi connectivity index (χ0) is 44.1. The molecule has 2 heterocycles. The monoisotopic (exact) mass is 845 g/mol. The third-order valence-electron chi connectivity index (χ3n) is 12.2. The summed E-state index contributed by atoms with van der Waals surface area (Å²) in [7, 11) is 3.28. The number of carbonyl (C=O) groups is 1. The van der Waals surface area contributed by atoms with E-state index in [1.807, 2.05) is 66.7 Å². The molecule has 1 aliphatic carbocycles. The number of aromatic hydroxyl groups is 1. The fourth-order valence-electron chi connectivity index (χ4n) is 8.86. The van der Waals surface area contributed by atoms with Gasteiger partial charge in [-0.2, -0.15) is 0 Å². The number of phenols is 1. The summed E-state index contributed by atoms with van der Waals surface area (Å²) in [5.41, 5.74) is 12.8. The molecule has 0 amide bonds. The van der Waals surface area contributed by atoms with Crippen molar-refractivity contribution in [2.75, 3.05) is 19.5 Å². The van der Waals surface area contributed by atoms with E-state index in [1.54, 1.807) is 20.2 Å². The van der Waals surface area contributed by atoms with Gasteiger partial charge in [-0.15, -0.1) is 0 Å². The largest absolute Gasteiger partial charge is 0.508 e. The van der Waals surface area contributed by atoms with Crippen LogP contribution < -0.4 is 20.5 Å². The van der Waals surface area contributed by atoms with Gasteiger partial charge in [0.1, 0.15) is 36.1 Å². The lowest BCUT2D eigenvalue weighted by Gasteiger charge is -2.28. The van der Waals surface area contributed by atoms with E-state index in [4.69, 9.17) is 19.9 Å². The number of hydrogen-bond donors (Lipinski definition) is 4. The van der Waals surface area contributed by atoms with Crippen molar-refractivity contribution in [1.82, 2.24) is 0 Å². The summed E-state index contributed by atoms with van der Waals surface area (Å²) in [4.78, 5) is 17.9. The number of ketones is 1. The number of fused-ring (bicyclic) bond motifs is 9. The molecule has 5 N–H and O–H groups in total. The van der Waals surface area contributed by atoms with Gasteiger partial charge < -0.3 is 35.5 Å². The number of nitrogens with two attached hydrogens (primary N) is 1. The normalized spacial score (nSPS) is 19.2. The minimum atomic E-state index is -0.535. The fraction of sp³-hybridized carbons (Fsp3) is 0.333. The molecule has 9 heteroatoms. The molecule has 4 atom stereocenters. The van der Waals surface area contributed by atoms with E-state index in [1.165, 1.54) is 5.56 Å². The Morgan fingerprint density at radius 2 is 1.75 bits per heavy atom. The Morgan fingerprint density at radius 3 is 2.56 bits per heavy atom. The van der Waals surface area contributed by atoms with Crippen molar-refractivity contribution >= 4 is 28.2 Å². The lowest BCUT2D eigenvalue weighted by Crippen LogP contribution is -2.24. The van der Waals surface area contributed by atoms with Crippen molar-refractivity contribution in [2.24, 2.45) is 22.6 Å². The quantitative estimate of drug-likeness (QED) is 0.0422. The van der Waals surface area contributed by atoms with Gasteiger partial charge in [0, 0.05) is 31.1 Å². The first-order chi connectivity index (χ1) is 30.7. The zero-order valence-corrected chi connectivity index (χ0v) is 36.6. The second kappa shape index (κ2) is 21.4. The van der Waals surface area contributed by atoms with E-state index < -0.39 is 12.0 Å². The molecule has 0 saturated carbocycles. The Labute approximate surface area is 371 Å². The molecule has 0 aromatic heterocycles. The van der Waals surface area contributed by atoms with Gasteiger partial charge in [0.15, 0.2) is 17.5 Å². The molecular formula is C54H59N3O6. The maximum Gasteiger partial charge on any atom is 0.192 e. The Balaban J connectivity index is 1.18. The van der Waals surface area contributed by atoms with E-state index in [0.717, 1.165) is 76.4 Å². The van der Waals surface area contributed by atoms with Crippen LogP contribution in [0.25, 0.3) is 10.8 Å². The minimum absolute atomic E-state index is 0.0608. The summed E-state index contributed by atoms with van der Waals surface area (Å²) in [5, 5.41) is 27.6. The number of carbonyl (C=O) groups excluding carboxylic acids is 1. The van der Waals surface area contributed by atoms with Crippen molar-refractivity contribution in [3.05, 3.63) is 154 Å². The van der Waals surface area contributed by atoms with Gasteiger partial charge in [-0.05, 0) is 144 Å². The number of nitrogens with one attached hydrogen (secondary N) is 1. The van der Waals surface area contributed by atoms with Crippen LogP contribution in [0.1, 0.15) is 84.7 Å². The number of aryl methyl sites for hydroxylation is 3. The van der Waals surface area contributed by atoms with Crippen LogP contribution in [0.4, 0.5) is 5.69 Å².